The lowest BCUT2D eigenvalue weighted by Crippen LogP contribution is -2.26. The van der Waals surface area contributed by atoms with E-state index in [9.17, 15) is 4.79 Å². The molecule has 0 unspecified atom stereocenters. The van der Waals surface area contributed by atoms with Crippen molar-refractivity contribution in [3.63, 3.8) is 0 Å². The smallest absolute Gasteiger partial charge is 0.255 e. The fourth-order valence-electron chi connectivity index (χ4n) is 1.75. The number of hydrogen-bond donors (Lipinski definition) is 0. The Morgan fingerprint density at radius 2 is 1.89 bits per heavy atom. The molecule has 0 fully saturated rings. The van der Waals surface area contributed by atoms with E-state index in [0.717, 1.165) is 15.7 Å². The van der Waals surface area contributed by atoms with Gasteiger partial charge in [-0.25, -0.2) is 0 Å². The minimum absolute atomic E-state index is 0.0181. The Balaban J connectivity index is 2.07. The average molecular weight is 319 g/mol. The number of hydrogen-bond acceptors (Lipinski definition) is 2. The summed E-state index contributed by atoms with van der Waals surface area (Å²) in [6, 6.07) is 11.6. The largest absolute Gasteiger partial charge is 0.337 e. The number of carbonyl (C=O) groups excluding carboxylic acids is 1. The third-order valence-corrected chi connectivity index (χ3v) is 3.37. The lowest BCUT2D eigenvalue weighted by Gasteiger charge is -2.17. The van der Waals surface area contributed by atoms with Gasteiger partial charge >= 0.3 is 0 Å². The zero-order chi connectivity index (χ0) is 13.8. The van der Waals surface area contributed by atoms with Gasteiger partial charge in [-0.2, -0.15) is 0 Å². The molecule has 3 nitrogen and oxygen atoms in total. The lowest BCUT2D eigenvalue weighted by molar-refractivity contribution is 0.0784. The first-order valence-electron chi connectivity index (χ1n) is 5.99. The topological polar surface area (TPSA) is 33.2 Å². The number of aryl methyl sites for hydroxylation is 1. The average Bonchev–Trinajstić information content (AvgIpc) is 2.41. The van der Waals surface area contributed by atoms with Gasteiger partial charge < -0.3 is 4.90 Å². The van der Waals surface area contributed by atoms with E-state index in [-0.39, 0.29) is 5.91 Å². The van der Waals surface area contributed by atoms with Crippen LogP contribution in [0, 0.1) is 6.92 Å². The predicted octanol–water partition coefficient (Wildman–Crippen LogP) is 3.42. The molecule has 0 radical (unpaired) electrons. The molecule has 2 rings (SSSR count). The van der Waals surface area contributed by atoms with Crippen molar-refractivity contribution in [2.45, 2.75) is 13.5 Å². The molecule has 0 aliphatic carbocycles. The van der Waals surface area contributed by atoms with Crippen molar-refractivity contribution in [1.29, 1.82) is 0 Å². The Bertz CT molecular complexity index is 564. The van der Waals surface area contributed by atoms with E-state index in [4.69, 9.17) is 0 Å². The molecular formula is C15H15BrN2O. The predicted molar refractivity (Wildman–Crippen MR) is 78.9 cm³/mol. The van der Waals surface area contributed by atoms with E-state index < -0.39 is 0 Å². The molecule has 0 aliphatic heterocycles. The number of nitrogens with zero attached hydrogens (tertiary/aromatic N) is 2. The Morgan fingerprint density at radius 1 is 1.21 bits per heavy atom. The van der Waals surface area contributed by atoms with E-state index in [1.54, 1.807) is 18.1 Å². The minimum Gasteiger partial charge on any atom is -0.337 e. The number of benzene rings is 1. The molecule has 1 aromatic heterocycles. The standard InChI is InChI=1S/C15H15BrN2O/c1-11-3-6-13(9-17-11)15(19)18(2)10-12-4-7-14(16)8-5-12/h3-9H,10H2,1-2H3. The van der Waals surface area contributed by atoms with Gasteiger partial charge in [0.05, 0.1) is 5.56 Å². The summed E-state index contributed by atoms with van der Waals surface area (Å²) in [6.45, 7) is 2.49. The van der Waals surface area contributed by atoms with Crippen molar-refractivity contribution in [3.05, 3.63) is 63.9 Å². The molecule has 0 saturated carbocycles. The van der Waals surface area contributed by atoms with Crippen LogP contribution in [0.4, 0.5) is 0 Å². The number of amides is 1. The molecule has 0 aliphatic rings. The highest BCUT2D eigenvalue weighted by Crippen LogP contribution is 2.13. The monoisotopic (exact) mass is 318 g/mol. The van der Waals surface area contributed by atoms with Crippen LogP contribution in [-0.4, -0.2) is 22.8 Å². The van der Waals surface area contributed by atoms with Crippen molar-refractivity contribution in [2.75, 3.05) is 7.05 Å². The Morgan fingerprint density at radius 3 is 2.47 bits per heavy atom. The lowest BCUT2D eigenvalue weighted by atomic mass is 10.2. The van der Waals surface area contributed by atoms with Gasteiger partial charge in [0.1, 0.15) is 0 Å². The summed E-state index contributed by atoms with van der Waals surface area (Å²) in [7, 11) is 1.80. The summed E-state index contributed by atoms with van der Waals surface area (Å²) < 4.78 is 1.04. The van der Waals surface area contributed by atoms with Gasteiger partial charge in [0.15, 0.2) is 0 Å². The molecule has 0 atom stereocenters. The number of pyridine rings is 1. The van der Waals surface area contributed by atoms with Gasteiger partial charge in [-0.1, -0.05) is 28.1 Å². The van der Waals surface area contributed by atoms with Crippen molar-refractivity contribution >= 4 is 21.8 Å². The van der Waals surface area contributed by atoms with Crippen LogP contribution < -0.4 is 0 Å². The summed E-state index contributed by atoms with van der Waals surface area (Å²) in [5.74, 6) is -0.0181. The van der Waals surface area contributed by atoms with Crippen LogP contribution in [-0.2, 0) is 6.54 Å². The van der Waals surface area contributed by atoms with Crippen LogP contribution in [0.25, 0.3) is 0 Å². The molecule has 0 bridgehead atoms. The van der Waals surface area contributed by atoms with E-state index in [2.05, 4.69) is 20.9 Å². The third kappa shape index (κ3) is 3.64. The van der Waals surface area contributed by atoms with Gasteiger partial charge in [-0.3, -0.25) is 9.78 Å². The molecule has 2 aromatic rings. The van der Waals surface area contributed by atoms with Gasteiger partial charge in [0.25, 0.3) is 5.91 Å². The van der Waals surface area contributed by atoms with Gasteiger partial charge in [-0.05, 0) is 36.8 Å². The molecule has 19 heavy (non-hydrogen) atoms. The zero-order valence-corrected chi connectivity index (χ0v) is 12.5. The molecule has 0 saturated heterocycles. The quantitative estimate of drug-likeness (QED) is 0.868. The van der Waals surface area contributed by atoms with E-state index in [0.29, 0.717) is 12.1 Å². The first kappa shape index (κ1) is 13.7. The van der Waals surface area contributed by atoms with Gasteiger partial charge in [-0.15, -0.1) is 0 Å². The highest BCUT2D eigenvalue weighted by molar-refractivity contribution is 9.10. The fourth-order valence-corrected chi connectivity index (χ4v) is 2.01. The maximum atomic E-state index is 12.2. The molecule has 1 heterocycles. The number of aromatic nitrogens is 1. The molecule has 1 amide bonds. The van der Waals surface area contributed by atoms with Crippen LogP contribution in [0.15, 0.2) is 47.1 Å². The molecule has 0 N–H and O–H groups in total. The maximum Gasteiger partial charge on any atom is 0.255 e. The Labute approximate surface area is 121 Å². The second-order valence-electron chi connectivity index (χ2n) is 4.48. The second-order valence-corrected chi connectivity index (χ2v) is 5.39. The van der Waals surface area contributed by atoms with Gasteiger partial charge in [0, 0.05) is 30.0 Å². The number of carbonyl (C=O) groups is 1. The first-order valence-corrected chi connectivity index (χ1v) is 6.78. The van der Waals surface area contributed by atoms with Crippen LogP contribution >= 0.6 is 15.9 Å². The SMILES string of the molecule is Cc1ccc(C(=O)N(C)Cc2ccc(Br)cc2)cn1. The first-order chi connectivity index (χ1) is 9.06. The summed E-state index contributed by atoms with van der Waals surface area (Å²) >= 11 is 3.40. The van der Waals surface area contributed by atoms with Gasteiger partial charge in [0.2, 0.25) is 0 Å². The Hall–Kier alpha value is -1.68. The van der Waals surface area contributed by atoms with E-state index in [1.807, 2.05) is 43.3 Å². The normalized spacial score (nSPS) is 10.3. The molecule has 1 aromatic carbocycles. The summed E-state index contributed by atoms with van der Waals surface area (Å²) in [5, 5.41) is 0. The van der Waals surface area contributed by atoms with Crippen LogP contribution in [0.5, 0.6) is 0 Å². The van der Waals surface area contributed by atoms with Crippen LogP contribution in [0.3, 0.4) is 0 Å². The molecular weight excluding hydrogens is 304 g/mol. The molecule has 98 valence electrons. The van der Waals surface area contributed by atoms with Crippen LogP contribution in [0.2, 0.25) is 0 Å². The molecule has 0 spiro atoms. The van der Waals surface area contributed by atoms with Crippen molar-refractivity contribution in [2.24, 2.45) is 0 Å². The van der Waals surface area contributed by atoms with Crippen molar-refractivity contribution < 1.29 is 4.79 Å². The van der Waals surface area contributed by atoms with Crippen molar-refractivity contribution in [3.8, 4) is 0 Å². The molecule has 4 heteroatoms. The third-order valence-electron chi connectivity index (χ3n) is 2.84. The van der Waals surface area contributed by atoms with E-state index >= 15 is 0 Å². The van der Waals surface area contributed by atoms with Crippen molar-refractivity contribution in [1.82, 2.24) is 9.88 Å². The summed E-state index contributed by atoms with van der Waals surface area (Å²) in [6.07, 6.45) is 1.62. The summed E-state index contributed by atoms with van der Waals surface area (Å²) in [5.41, 5.74) is 2.62. The number of halogens is 1. The highest BCUT2D eigenvalue weighted by atomic mass is 79.9. The number of rotatable bonds is 3. The minimum atomic E-state index is -0.0181. The zero-order valence-electron chi connectivity index (χ0n) is 10.9. The van der Waals surface area contributed by atoms with E-state index in [1.165, 1.54) is 0 Å². The summed E-state index contributed by atoms with van der Waals surface area (Å²) in [4.78, 5) is 18.0. The Kier molecular flexibility index (Phi) is 4.32. The second kappa shape index (κ2) is 5.97. The maximum absolute atomic E-state index is 12.2. The van der Waals surface area contributed by atoms with Crippen LogP contribution in [0.1, 0.15) is 21.6 Å². The highest BCUT2D eigenvalue weighted by Gasteiger charge is 2.12. The fraction of sp³-hybridized carbons (Fsp3) is 0.200.